The van der Waals surface area contributed by atoms with Crippen LogP contribution in [0.1, 0.15) is 5.69 Å². The standard InChI is InChI=1S/C18H19N3O2/c1-23-17-7-4-6-16-15(17)9-12-21(16)13-18(22)20-11-8-14-5-2-3-10-19-14/h2-7,9-10,12H,8,11,13H2,1H3,(H,20,22). The number of amides is 1. The normalized spacial score (nSPS) is 10.7. The lowest BCUT2D eigenvalue weighted by molar-refractivity contribution is -0.121. The second-order valence-electron chi connectivity index (χ2n) is 5.26. The van der Waals surface area contributed by atoms with Crippen LogP contribution < -0.4 is 10.1 Å². The molecule has 0 saturated carbocycles. The molecule has 0 saturated heterocycles. The maximum Gasteiger partial charge on any atom is 0.239 e. The Morgan fingerprint density at radius 2 is 2.13 bits per heavy atom. The van der Waals surface area contributed by atoms with Gasteiger partial charge in [-0.3, -0.25) is 9.78 Å². The SMILES string of the molecule is COc1cccc2c1ccn2CC(=O)NCCc1ccccn1. The van der Waals surface area contributed by atoms with E-state index in [1.165, 1.54) is 0 Å². The van der Waals surface area contributed by atoms with Crippen LogP contribution in [0.15, 0.2) is 54.9 Å². The number of methoxy groups -OCH3 is 1. The second-order valence-corrected chi connectivity index (χ2v) is 5.26. The number of aromatic nitrogens is 2. The molecule has 23 heavy (non-hydrogen) atoms. The Kier molecular flexibility index (Phi) is 4.57. The molecule has 0 bridgehead atoms. The van der Waals surface area contributed by atoms with Crippen LogP contribution in [0.3, 0.4) is 0 Å². The summed E-state index contributed by atoms with van der Waals surface area (Å²) in [5.41, 5.74) is 1.97. The van der Waals surface area contributed by atoms with Crippen molar-refractivity contribution in [3.8, 4) is 5.75 Å². The topological polar surface area (TPSA) is 56.1 Å². The van der Waals surface area contributed by atoms with Gasteiger partial charge < -0.3 is 14.6 Å². The average Bonchev–Trinajstić information content (AvgIpc) is 2.99. The quantitative estimate of drug-likeness (QED) is 0.761. The van der Waals surface area contributed by atoms with Gasteiger partial charge in [-0.2, -0.15) is 0 Å². The molecule has 2 aromatic heterocycles. The first-order valence-electron chi connectivity index (χ1n) is 7.56. The summed E-state index contributed by atoms with van der Waals surface area (Å²) in [5, 5.41) is 3.94. The van der Waals surface area contributed by atoms with E-state index in [0.29, 0.717) is 13.1 Å². The van der Waals surface area contributed by atoms with Gasteiger partial charge in [0.15, 0.2) is 0 Å². The molecule has 1 amide bonds. The fraction of sp³-hybridized carbons (Fsp3) is 0.222. The molecule has 0 aliphatic carbocycles. The lowest BCUT2D eigenvalue weighted by atomic mass is 10.2. The molecule has 1 N–H and O–H groups in total. The van der Waals surface area contributed by atoms with Gasteiger partial charge in [0.05, 0.1) is 12.6 Å². The van der Waals surface area contributed by atoms with Crippen LogP contribution in [0, 0.1) is 0 Å². The van der Waals surface area contributed by atoms with Crippen LogP contribution in [0.5, 0.6) is 5.75 Å². The summed E-state index contributed by atoms with van der Waals surface area (Å²) in [6, 6.07) is 13.6. The van der Waals surface area contributed by atoms with Crippen molar-refractivity contribution in [3.63, 3.8) is 0 Å². The second kappa shape index (κ2) is 6.96. The van der Waals surface area contributed by atoms with E-state index in [9.17, 15) is 4.79 Å². The fourth-order valence-electron chi connectivity index (χ4n) is 2.60. The van der Waals surface area contributed by atoms with Gasteiger partial charge in [0.25, 0.3) is 0 Å². The van der Waals surface area contributed by atoms with Crippen molar-refractivity contribution in [3.05, 3.63) is 60.6 Å². The van der Waals surface area contributed by atoms with Crippen molar-refractivity contribution in [2.24, 2.45) is 0 Å². The third-order valence-electron chi connectivity index (χ3n) is 3.74. The predicted octanol–water partition coefficient (Wildman–Crippen LogP) is 2.40. The van der Waals surface area contributed by atoms with Crippen LogP contribution in [0.25, 0.3) is 10.9 Å². The van der Waals surface area contributed by atoms with E-state index in [1.54, 1.807) is 13.3 Å². The summed E-state index contributed by atoms with van der Waals surface area (Å²) in [4.78, 5) is 16.4. The summed E-state index contributed by atoms with van der Waals surface area (Å²) in [5.74, 6) is 0.804. The third-order valence-corrected chi connectivity index (χ3v) is 3.74. The maximum atomic E-state index is 12.1. The molecular formula is C18H19N3O2. The highest BCUT2D eigenvalue weighted by Gasteiger charge is 2.08. The van der Waals surface area contributed by atoms with Crippen LogP contribution in [0.4, 0.5) is 0 Å². The van der Waals surface area contributed by atoms with Gasteiger partial charge in [-0.1, -0.05) is 12.1 Å². The number of rotatable bonds is 6. The molecule has 5 nitrogen and oxygen atoms in total. The number of nitrogens with one attached hydrogen (secondary N) is 1. The van der Waals surface area contributed by atoms with E-state index < -0.39 is 0 Å². The highest BCUT2D eigenvalue weighted by atomic mass is 16.5. The first-order chi connectivity index (χ1) is 11.3. The Morgan fingerprint density at radius 3 is 2.91 bits per heavy atom. The minimum atomic E-state index is -0.0127. The van der Waals surface area contributed by atoms with Crippen LogP contribution in [-0.4, -0.2) is 29.1 Å². The molecule has 1 aromatic carbocycles. The van der Waals surface area contributed by atoms with Crippen molar-refractivity contribution in [2.75, 3.05) is 13.7 Å². The monoisotopic (exact) mass is 309 g/mol. The predicted molar refractivity (Wildman–Crippen MR) is 89.4 cm³/mol. The molecule has 3 rings (SSSR count). The van der Waals surface area contributed by atoms with Gasteiger partial charge in [0.1, 0.15) is 12.3 Å². The average molecular weight is 309 g/mol. The largest absolute Gasteiger partial charge is 0.496 e. The molecule has 0 radical (unpaired) electrons. The molecule has 0 aliphatic rings. The smallest absolute Gasteiger partial charge is 0.239 e. The van der Waals surface area contributed by atoms with Crippen molar-refractivity contribution in [2.45, 2.75) is 13.0 Å². The summed E-state index contributed by atoms with van der Waals surface area (Å²) < 4.78 is 7.26. The summed E-state index contributed by atoms with van der Waals surface area (Å²) in [7, 11) is 1.65. The van der Waals surface area contributed by atoms with Gasteiger partial charge in [0, 0.05) is 36.4 Å². The zero-order valence-electron chi connectivity index (χ0n) is 13.0. The van der Waals surface area contributed by atoms with E-state index in [-0.39, 0.29) is 5.91 Å². The Balaban J connectivity index is 1.60. The molecule has 3 aromatic rings. The van der Waals surface area contributed by atoms with Crippen LogP contribution in [0.2, 0.25) is 0 Å². The number of ether oxygens (including phenoxy) is 1. The Morgan fingerprint density at radius 1 is 1.22 bits per heavy atom. The van der Waals surface area contributed by atoms with Gasteiger partial charge in [-0.05, 0) is 30.3 Å². The van der Waals surface area contributed by atoms with Gasteiger partial charge in [0.2, 0.25) is 5.91 Å². The first-order valence-corrected chi connectivity index (χ1v) is 7.56. The lowest BCUT2D eigenvalue weighted by Crippen LogP contribution is -2.29. The number of carbonyl (C=O) groups excluding carboxylic acids is 1. The number of fused-ring (bicyclic) bond motifs is 1. The zero-order valence-corrected chi connectivity index (χ0v) is 13.0. The van der Waals surface area contributed by atoms with Gasteiger partial charge >= 0.3 is 0 Å². The zero-order chi connectivity index (χ0) is 16.1. The van der Waals surface area contributed by atoms with E-state index >= 15 is 0 Å². The van der Waals surface area contributed by atoms with E-state index in [1.807, 2.05) is 53.2 Å². The third kappa shape index (κ3) is 3.51. The molecule has 2 heterocycles. The van der Waals surface area contributed by atoms with Crippen molar-refractivity contribution in [1.82, 2.24) is 14.9 Å². The summed E-state index contributed by atoms with van der Waals surface area (Å²) >= 11 is 0. The molecule has 5 heteroatoms. The number of pyridine rings is 1. The molecule has 0 atom stereocenters. The summed E-state index contributed by atoms with van der Waals surface area (Å²) in [6.45, 7) is 0.872. The summed E-state index contributed by atoms with van der Waals surface area (Å²) in [6.07, 6.45) is 4.40. The van der Waals surface area contributed by atoms with Crippen LogP contribution in [-0.2, 0) is 17.8 Å². The first kappa shape index (κ1) is 15.1. The Bertz CT molecular complexity index is 796. The van der Waals surface area contributed by atoms with Gasteiger partial charge in [-0.15, -0.1) is 0 Å². The maximum absolute atomic E-state index is 12.1. The number of benzene rings is 1. The number of nitrogens with zero attached hydrogens (tertiary/aromatic N) is 2. The molecule has 118 valence electrons. The van der Waals surface area contributed by atoms with E-state index in [0.717, 1.165) is 28.8 Å². The minimum absolute atomic E-state index is 0.0127. The van der Waals surface area contributed by atoms with Gasteiger partial charge in [-0.25, -0.2) is 0 Å². The number of hydrogen-bond acceptors (Lipinski definition) is 3. The molecule has 0 spiro atoms. The molecule has 0 fully saturated rings. The van der Waals surface area contributed by atoms with E-state index in [2.05, 4.69) is 10.3 Å². The van der Waals surface area contributed by atoms with Crippen molar-refractivity contribution < 1.29 is 9.53 Å². The number of hydrogen-bond donors (Lipinski definition) is 1. The van der Waals surface area contributed by atoms with E-state index in [4.69, 9.17) is 4.74 Å². The van der Waals surface area contributed by atoms with Crippen molar-refractivity contribution >= 4 is 16.8 Å². The fourth-order valence-corrected chi connectivity index (χ4v) is 2.60. The minimum Gasteiger partial charge on any atom is -0.496 e. The molecule has 0 aliphatic heterocycles. The highest BCUT2D eigenvalue weighted by Crippen LogP contribution is 2.25. The molecule has 0 unspecified atom stereocenters. The lowest BCUT2D eigenvalue weighted by Gasteiger charge is -2.08. The van der Waals surface area contributed by atoms with Crippen LogP contribution >= 0.6 is 0 Å². The Labute approximate surface area is 134 Å². The number of carbonyl (C=O) groups is 1. The molecular weight excluding hydrogens is 290 g/mol. The van der Waals surface area contributed by atoms with Crippen molar-refractivity contribution in [1.29, 1.82) is 0 Å². The Hall–Kier alpha value is -2.82. The highest BCUT2D eigenvalue weighted by molar-refractivity contribution is 5.88.